The van der Waals surface area contributed by atoms with Crippen LogP contribution >= 0.6 is 11.6 Å². The SMILES string of the molecule is CN(CC(C)(C)NC(=O)OC(C)(C)C)C(=O)Cc1ccccc1Cl. The van der Waals surface area contributed by atoms with Gasteiger partial charge in [-0.1, -0.05) is 29.8 Å². The van der Waals surface area contributed by atoms with E-state index in [-0.39, 0.29) is 12.3 Å². The molecule has 134 valence electrons. The number of rotatable bonds is 5. The molecule has 1 N–H and O–H groups in total. The third-order valence-electron chi connectivity index (χ3n) is 3.20. The van der Waals surface area contributed by atoms with Crippen LogP contribution in [0.4, 0.5) is 4.79 Å². The normalized spacial score (nSPS) is 11.8. The van der Waals surface area contributed by atoms with E-state index in [2.05, 4.69) is 5.32 Å². The Balaban J connectivity index is 2.61. The second kappa shape index (κ2) is 7.88. The second-order valence-corrected chi connectivity index (χ2v) is 7.94. The summed E-state index contributed by atoms with van der Waals surface area (Å²) in [6.45, 7) is 9.46. The number of carbonyl (C=O) groups is 2. The zero-order chi connectivity index (χ0) is 18.5. The van der Waals surface area contributed by atoms with Crippen LogP contribution in [0.15, 0.2) is 24.3 Å². The summed E-state index contributed by atoms with van der Waals surface area (Å²) in [5.41, 5.74) is -0.395. The van der Waals surface area contributed by atoms with Crippen molar-refractivity contribution in [3.63, 3.8) is 0 Å². The van der Waals surface area contributed by atoms with Crippen molar-refractivity contribution < 1.29 is 14.3 Å². The van der Waals surface area contributed by atoms with Gasteiger partial charge in [-0.15, -0.1) is 0 Å². The van der Waals surface area contributed by atoms with E-state index in [0.717, 1.165) is 5.56 Å². The number of ether oxygens (including phenoxy) is 1. The Labute approximate surface area is 149 Å². The lowest BCUT2D eigenvalue weighted by molar-refractivity contribution is -0.130. The minimum absolute atomic E-state index is 0.0674. The maximum absolute atomic E-state index is 12.4. The minimum atomic E-state index is -0.618. The Morgan fingerprint density at radius 1 is 1.17 bits per heavy atom. The second-order valence-electron chi connectivity index (χ2n) is 7.53. The Hall–Kier alpha value is -1.75. The van der Waals surface area contributed by atoms with Crippen LogP contribution in [-0.2, 0) is 16.0 Å². The van der Waals surface area contributed by atoms with Crippen LogP contribution in [0.2, 0.25) is 5.02 Å². The van der Waals surface area contributed by atoms with Crippen LogP contribution in [0.3, 0.4) is 0 Å². The highest BCUT2D eigenvalue weighted by molar-refractivity contribution is 6.31. The van der Waals surface area contributed by atoms with Gasteiger partial charge in [-0.3, -0.25) is 4.79 Å². The predicted octanol–water partition coefficient (Wildman–Crippen LogP) is 3.64. The van der Waals surface area contributed by atoms with Gasteiger partial charge < -0.3 is 15.0 Å². The molecule has 0 atom stereocenters. The maximum Gasteiger partial charge on any atom is 0.408 e. The number of alkyl carbamates (subject to hydrolysis) is 1. The summed E-state index contributed by atoms with van der Waals surface area (Å²) in [7, 11) is 1.71. The van der Waals surface area contributed by atoms with Crippen molar-refractivity contribution in [2.24, 2.45) is 0 Å². The highest BCUT2D eigenvalue weighted by atomic mass is 35.5. The van der Waals surface area contributed by atoms with Gasteiger partial charge in [0, 0.05) is 18.6 Å². The average Bonchev–Trinajstić information content (AvgIpc) is 2.37. The molecule has 24 heavy (non-hydrogen) atoms. The highest BCUT2D eigenvalue weighted by Crippen LogP contribution is 2.17. The topological polar surface area (TPSA) is 58.6 Å². The molecule has 0 fully saturated rings. The van der Waals surface area contributed by atoms with Gasteiger partial charge in [0.2, 0.25) is 5.91 Å². The molecule has 0 radical (unpaired) electrons. The van der Waals surface area contributed by atoms with E-state index in [0.29, 0.717) is 11.6 Å². The Kier molecular flexibility index (Phi) is 6.67. The maximum atomic E-state index is 12.4. The number of hydrogen-bond acceptors (Lipinski definition) is 3. The van der Waals surface area contributed by atoms with Crippen LogP contribution < -0.4 is 5.32 Å². The number of nitrogens with one attached hydrogen (secondary N) is 1. The summed E-state index contributed by atoms with van der Waals surface area (Å²) in [6.07, 6.45) is -0.280. The summed E-state index contributed by atoms with van der Waals surface area (Å²) in [4.78, 5) is 25.9. The molecule has 2 amide bonds. The van der Waals surface area contributed by atoms with Crippen LogP contribution in [0.5, 0.6) is 0 Å². The first-order valence-corrected chi connectivity index (χ1v) is 8.26. The minimum Gasteiger partial charge on any atom is -0.444 e. The molecule has 0 spiro atoms. The standard InChI is InChI=1S/C18H27ClN2O3/c1-17(2,3)24-16(23)20-18(4,5)12-21(6)15(22)11-13-9-7-8-10-14(13)19/h7-10H,11-12H2,1-6H3,(H,20,23). The lowest BCUT2D eigenvalue weighted by atomic mass is 10.0. The summed E-state index contributed by atoms with van der Waals surface area (Å²) in [6, 6.07) is 7.27. The van der Waals surface area contributed by atoms with Gasteiger partial charge in [-0.05, 0) is 46.2 Å². The fourth-order valence-electron chi connectivity index (χ4n) is 2.24. The first kappa shape index (κ1) is 20.3. The molecule has 0 aliphatic heterocycles. The molecule has 0 saturated carbocycles. The monoisotopic (exact) mass is 354 g/mol. The van der Waals surface area contributed by atoms with Gasteiger partial charge in [0.25, 0.3) is 0 Å². The van der Waals surface area contributed by atoms with Crippen molar-refractivity contribution in [3.05, 3.63) is 34.9 Å². The van der Waals surface area contributed by atoms with E-state index in [1.807, 2.05) is 32.0 Å². The smallest absolute Gasteiger partial charge is 0.408 e. The van der Waals surface area contributed by atoms with Crippen molar-refractivity contribution in [2.75, 3.05) is 13.6 Å². The van der Waals surface area contributed by atoms with Gasteiger partial charge in [0.15, 0.2) is 0 Å². The van der Waals surface area contributed by atoms with Gasteiger partial charge >= 0.3 is 6.09 Å². The third-order valence-corrected chi connectivity index (χ3v) is 3.57. The van der Waals surface area contributed by atoms with Crippen molar-refractivity contribution >= 4 is 23.6 Å². The lowest BCUT2D eigenvalue weighted by Crippen LogP contribution is -2.53. The lowest BCUT2D eigenvalue weighted by Gasteiger charge is -2.32. The number of hydrogen-bond donors (Lipinski definition) is 1. The molecule has 5 nitrogen and oxygen atoms in total. The van der Waals surface area contributed by atoms with E-state index in [1.165, 1.54) is 0 Å². The van der Waals surface area contributed by atoms with E-state index in [1.54, 1.807) is 38.8 Å². The van der Waals surface area contributed by atoms with Gasteiger partial charge in [0.1, 0.15) is 5.60 Å². The molecular formula is C18H27ClN2O3. The molecule has 0 aromatic heterocycles. The largest absolute Gasteiger partial charge is 0.444 e. The van der Waals surface area contributed by atoms with Crippen molar-refractivity contribution in [1.82, 2.24) is 10.2 Å². The fourth-order valence-corrected chi connectivity index (χ4v) is 2.44. The highest BCUT2D eigenvalue weighted by Gasteiger charge is 2.27. The zero-order valence-corrected chi connectivity index (χ0v) is 16.0. The molecule has 6 heteroatoms. The first-order valence-electron chi connectivity index (χ1n) is 7.88. The number of carbonyl (C=O) groups excluding carboxylic acids is 2. The fraction of sp³-hybridized carbons (Fsp3) is 0.556. The first-order chi connectivity index (χ1) is 10.9. The molecule has 1 rings (SSSR count). The molecule has 0 saturated heterocycles. The molecule has 0 aliphatic carbocycles. The van der Waals surface area contributed by atoms with E-state index >= 15 is 0 Å². The van der Waals surface area contributed by atoms with Gasteiger partial charge in [-0.2, -0.15) is 0 Å². The Bertz CT molecular complexity index is 594. The number of likely N-dealkylation sites (N-methyl/N-ethyl adjacent to an activating group) is 1. The number of halogens is 1. The molecule has 0 heterocycles. The van der Waals surface area contributed by atoms with E-state index in [9.17, 15) is 9.59 Å². The summed E-state index contributed by atoms with van der Waals surface area (Å²) < 4.78 is 5.26. The van der Waals surface area contributed by atoms with E-state index in [4.69, 9.17) is 16.3 Å². The van der Waals surface area contributed by atoms with Crippen LogP contribution in [0.25, 0.3) is 0 Å². The van der Waals surface area contributed by atoms with Gasteiger partial charge in [0.05, 0.1) is 12.0 Å². The molecule has 1 aromatic carbocycles. The number of amides is 2. The summed E-state index contributed by atoms with van der Waals surface area (Å²) in [5.74, 6) is -0.0674. The molecule has 0 bridgehead atoms. The average molecular weight is 355 g/mol. The number of nitrogens with zero attached hydrogens (tertiary/aromatic N) is 1. The van der Waals surface area contributed by atoms with Crippen LogP contribution in [-0.4, -0.2) is 41.6 Å². The third kappa shape index (κ3) is 7.21. The van der Waals surface area contributed by atoms with Crippen molar-refractivity contribution in [1.29, 1.82) is 0 Å². The van der Waals surface area contributed by atoms with E-state index < -0.39 is 17.2 Å². The Morgan fingerprint density at radius 3 is 2.29 bits per heavy atom. The number of benzene rings is 1. The summed E-state index contributed by atoms with van der Waals surface area (Å²) >= 11 is 6.09. The van der Waals surface area contributed by atoms with Crippen LogP contribution in [0.1, 0.15) is 40.2 Å². The van der Waals surface area contributed by atoms with Crippen molar-refractivity contribution in [2.45, 2.75) is 52.2 Å². The molecular weight excluding hydrogens is 328 g/mol. The van der Waals surface area contributed by atoms with Crippen molar-refractivity contribution in [3.8, 4) is 0 Å². The molecule has 0 aliphatic rings. The van der Waals surface area contributed by atoms with Gasteiger partial charge in [-0.25, -0.2) is 4.79 Å². The molecule has 1 aromatic rings. The summed E-state index contributed by atoms with van der Waals surface area (Å²) in [5, 5.41) is 3.37. The quantitative estimate of drug-likeness (QED) is 0.878. The predicted molar refractivity (Wildman–Crippen MR) is 96.2 cm³/mol. The van der Waals surface area contributed by atoms with Crippen LogP contribution in [0, 0.1) is 0 Å². The molecule has 0 unspecified atom stereocenters. The Morgan fingerprint density at radius 2 is 1.75 bits per heavy atom. The zero-order valence-electron chi connectivity index (χ0n) is 15.3.